The second kappa shape index (κ2) is 3.94. The van der Waals surface area contributed by atoms with Gasteiger partial charge in [0.1, 0.15) is 22.9 Å². The van der Waals surface area contributed by atoms with Gasteiger partial charge < -0.3 is 10.2 Å². The monoisotopic (exact) mass is 221 g/mol. The Labute approximate surface area is 91.9 Å². The summed E-state index contributed by atoms with van der Waals surface area (Å²) in [6, 6.07) is 1.91. The average molecular weight is 221 g/mol. The van der Waals surface area contributed by atoms with Crippen LogP contribution in [-0.2, 0) is 0 Å². The number of furan rings is 1. The van der Waals surface area contributed by atoms with Gasteiger partial charge in [0.05, 0.1) is 11.2 Å². The first kappa shape index (κ1) is 10.0. The lowest BCUT2D eigenvalue weighted by Gasteiger charge is -2.04. The molecule has 0 aliphatic rings. The van der Waals surface area contributed by atoms with E-state index in [0.29, 0.717) is 5.82 Å². The van der Waals surface area contributed by atoms with Gasteiger partial charge in [-0.2, -0.15) is 0 Å². The summed E-state index contributed by atoms with van der Waals surface area (Å²) in [6.07, 6.45) is 3.14. The molecule has 4 nitrogen and oxygen atoms in total. The minimum absolute atomic E-state index is 0.522. The molecule has 0 saturated carbocycles. The predicted octanol–water partition coefficient (Wildman–Crippen LogP) is 2.42. The van der Waals surface area contributed by atoms with Crippen molar-refractivity contribution in [3.05, 3.63) is 30.0 Å². The number of aromatic nitrogens is 2. The second-order valence-electron chi connectivity index (χ2n) is 3.13. The molecule has 78 valence electrons. The molecule has 15 heavy (non-hydrogen) atoms. The third-order valence-corrected chi connectivity index (χ3v) is 3.34. The van der Waals surface area contributed by atoms with Crippen LogP contribution < -0.4 is 5.73 Å². The van der Waals surface area contributed by atoms with Crippen molar-refractivity contribution < 1.29 is 4.42 Å². The Balaban J connectivity index is 2.33. The van der Waals surface area contributed by atoms with Crippen molar-refractivity contribution in [2.45, 2.75) is 23.8 Å². The zero-order chi connectivity index (χ0) is 10.8. The van der Waals surface area contributed by atoms with Crippen molar-refractivity contribution in [3.8, 4) is 0 Å². The number of hydrogen-bond donors (Lipinski definition) is 1. The molecule has 0 radical (unpaired) electrons. The Hall–Kier alpha value is -1.49. The second-order valence-corrected chi connectivity index (χ2v) is 4.16. The number of nitrogen functional groups attached to an aromatic ring is 1. The Morgan fingerprint density at radius 1 is 1.33 bits per heavy atom. The molecule has 0 amide bonds. The van der Waals surface area contributed by atoms with Crippen LogP contribution in [-0.4, -0.2) is 9.97 Å². The summed E-state index contributed by atoms with van der Waals surface area (Å²) in [5, 5.41) is 0.868. The lowest BCUT2D eigenvalue weighted by molar-refractivity contribution is 0.527. The van der Waals surface area contributed by atoms with E-state index in [1.807, 2.05) is 19.9 Å². The van der Waals surface area contributed by atoms with Crippen LogP contribution >= 0.6 is 11.8 Å². The summed E-state index contributed by atoms with van der Waals surface area (Å²) in [7, 11) is 0. The van der Waals surface area contributed by atoms with E-state index in [9.17, 15) is 0 Å². The molecule has 0 aliphatic heterocycles. The molecular weight excluding hydrogens is 210 g/mol. The molecule has 0 aliphatic carbocycles. The minimum atomic E-state index is 0.522. The van der Waals surface area contributed by atoms with E-state index in [1.165, 1.54) is 18.1 Å². The molecule has 0 aromatic carbocycles. The molecule has 0 spiro atoms. The largest absolute Gasteiger partial charge is 0.468 e. The number of aryl methyl sites for hydroxylation is 1. The van der Waals surface area contributed by atoms with Crippen LogP contribution in [0.5, 0.6) is 0 Å². The van der Waals surface area contributed by atoms with Crippen molar-refractivity contribution in [1.29, 1.82) is 0 Å². The summed E-state index contributed by atoms with van der Waals surface area (Å²) in [6.45, 7) is 3.83. The highest BCUT2D eigenvalue weighted by molar-refractivity contribution is 7.99. The maximum Gasteiger partial charge on any atom is 0.130 e. The zero-order valence-electron chi connectivity index (χ0n) is 8.52. The SMILES string of the molecule is Cc1occc1Sc1ncnc(N)c1C. The summed E-state index contributed by atoms with van der Waals surface area (Å²) >= 11 is 1.54. The molecule has 0 fully saturated rings. The Morgan fingerprint density at radius 2 is 2.13 bits per heavy atom. The Kier molecular flexibility index (Phi) is 2.64. The quantitative estimate of drug-likeness (QED) is 0.789. The minimum Gasteiger partial charge on any atom is -0.468 e. The highest BCUT2D eigenvalue weighted by Gasteiger charge is 2.09. The molecule has 0 bridgehead atoms. The van der Waals surface area contributed by atoms with Crippen LogP contribution in [0, 0.1) is 13.8 Å². The summed E-state index contributed by atoms with van der Waals surface area (Å²) in [4.78, 5) is 9.16. The molecule has 2 N–H and O–H groups in total. The fraction of sp³-hybridized carbons (Fsp3) is 0.200. The number of anilines is 1. The molecule has 2 rings (SSSR count). The molecule has 0 unspecified atom stereocenters. The first-order chi connectivity index (χ1) is 7.18. The normalized spacial score (nSPS) is 10.5. The van der Waals surface area contributed by atoms with E-state index in [2.05, 4.69) is 9.97 Å². The molecule has 0 atom stereocenters. The lowest BCUT2D eigenvalue weighted by atomic mass is 10.3. The van der Waals surface area contributed by atoms with E-state index in [1.54, 1.807) is 6.26 Å². The number of hydrogen-bond acceptors (Lipinski definition) is 5. The molecule has 0 saturated heterocycles. The zero-order valence-corrected chi connectivity index (χ0v) is 9.34. The fourth-order valence-corrected chi connectivity index (χ4v) is 2.01. The van der Waals surface area contributed by atoms with Gasteiger partial charge >= 0.3 is 0 Å². The maximum absolute atomic E-state index is 5.70. The van der Waals surface area contributed by atoms with Crippen molar-refractivity contribution >= 4 is 17.6 Å². The van der Waals surface area contributed by atoms with Crippen LogP contribution in [0.4, 0.5) is 5.82 Å². The van der Waals surface area contributed by atoms with E-state index in [-0.39, 0.29) is 0 Å². The van der Waals surface area contributed by atoms with Crippen molar-refractivity contribution in [1.82, 2.24) is 9.97 Å². The highest BCUT2D eigenvalue weighted by atomic mass is 32.2. The van der Waals surface area contributed by atoms with Crippen molar-refractivity contribution in [2.75, 3.05) is 5.73 Å². The van der Waals surface area contributed by atoms with Crippen LogP contribution in [0.25, 0.3) is 0 Å². The molecule has 2 heterocycles. The average Bonchev–Trinajstić information content (AvgIpc) is 2.60. The fourth-order valence-electron chi connectivity index (χ4n) is 1.13. The summed E-state index contributed by atoms with van der Waals surface area (Å²) < 4.78 is 5.21. The number of rotatable bonds is 2. The lowest BCUT2D eigenvalue weighted by Crippen LogP contribution is -1.97. The number of nitrogens with zero attached hydrogens (tertiary/aromatic N) is 2. The van der Waals surface area contributed by atoms with Crippen LogP contribution in [0.15, 0.2) is 33.0 Å². The van der Waals surface area contributed by atoms with Crippen molar-refractivity contribution in [2.24, 2.45) is 0 Å². The van der Waals surface area contributed by atoms with Gasteiger partial charge in [0.2, 0.25) is 0 Å². The van der Waals surface area contributed by atoms with Crippen LogP contribution in [0.2, 0.25) is 0 Å². The van der Waals surface area contributed by atoms with Gasteiger partial charge in [-0.1, -0.05) is 11.8 Å². The van der Waals surface area contributed by atoms with Gasteiger partial charge in [0.25, 0.3) is 0 Å². The van der Waals surface area contributed by atoms with E-state index in [4.69, 9.17) is 10.2 Å². The van der Waals surface area contributed by atoms with E-state index in [0.717, 1.165) is 21.2 Å². The summed E-state index contributed by atoms with van der Waals surface area (Å²) in [5.74, 6) is 1.41. The topological polar surface area (TPSA) is 64.9 Å². The summed E-state index contributed by atoms with van der Waals surface area (Å²) in [5.41, 5.74) is 6.61. The highest BCUT2D eigenvalue weighted by Crippen LogP contribution is 2.32. The van der Waals surface area contributed by atoms with Crippen LogP contribution in [0.1, 0.15) is 11.3 Å². The Morgan fingerprint density at radius 3 is 2.80 bits per heavy atom. The van der Waals surface area contributed by atoms with E-state index < -0.39 is 0 Å². The molecular formula is C10H11N3OS. The van der Waals surface area contributed by atoms with E-state index >= 15 is 0 Å². The van der Waals surface area contributed by atoms with Gasteiger partial charge in [-0.05, 0) is 19.9 Å². The molecule has 2 aromatic rings. The van der Waals surface area contributed by atoms with Gasteiger partial charge in [0.15, 0.2) is 0 Å². The Bertz CT molecular complexity index is 481. The van der Waals surface area contributed by atoms with Crippen molar-refractivity contribution in [3.63, 3.8) is 0 Å². The maximum atomic E-state index is 5.70. The third kappa shape index (κ3) is 1.97. The van der Waals surface area contributed by atoms with Crippen LogP contribution in [0.3, 0.4) is 0 Å². The van der Waals surface area contributed by atoms with Gasteiger partial charge in [0, 0.05) is 5.56 Å². The first-order valence-corrected chi connectivity index (χ1v) is 5.29. The van der Waals surface area contributed by atoms with Gasteiger partial charge in [-0.25, -0.2) is 9.97 Å². The van der Waals surface area contributed by atoms with Gasteiger partial charge in [-0.15, -0.1) is 0 Å². The standard InChI is InChI=1S/C10H11N3OS/c1-6-9(11)12-5-13-10(6)15-8-3-4-14-7(8)2/h3-5H,1-2H3,(H2,11,12,13). The third-order valence-electron chi connectivity index (χ3n) is 2.09. The molecule has 5 heteroatoms. The predicted molar refractivity (Wildman–Crippen MR) is 58.7 cm³/mol. The smallest absolute Gasteiger partial charge is 0.130 e. The number of nitrogens with two attached hydrogens (primary N) is 1. The van der Waals surface area contributed by atoms with Gasteiger partial charge in [-0.3, -0.25) is 0 Å². The molecule has 2 aromatic heterocycles. The first-order valence-electron chi connectivity index (χ1n) is 4.47.